The number of likely N-dealkylation sites (N-methyl/N-ethyl adjacent to an activating group) is 1. The van der Waals surface area contributed by atoms with Gasteiger partial charge < -0.3 is 15.7 Å². The van der Waals surface area contributed by atoms with Crippen LogP contribution >= 0.6 is 0 Å². The Morgan fingerprint density at radius 3 is 2.50 bits per heavy atom. The number of aliphatic hydroxyl groups excluding tert-OH is 1. The smallest absolute Gasteiger partial charge is 0.229 e. The number of rotatable bonds is 4. The first kappa shape index (κ1) is 11.5. The monoisotopic (exact) mass is 200 g/mol. The summed E-state index contributed by atoms with van der Waals surface area (Å²) in [5, 5.41) is 8.76. The number of nitrogens with zero attached hydrogens (tertiary/aromatic N) is 1. The minimum Gasteiger partial charge on any atom is -0.395 e. The molecule has 0 aliphatic heterocycles. The molecule has 0 aromatic heterocycles. The number of hydrogen-bond donors (Lipinski definition) is 2. The van der Waals surface area contributed by atoms with Crippen LogP contribution in [0, 0.1) is 5.41 Å². The van der Waals surface area contributed by atoms with E-state index < -0.39 is 0 Å². The number of nitrogens with two attached hydrogens (primary N) is 1. The summed E-state index contributed by atoms with van der Waals surface area (Å²) in [7, 11) is 1.73. The first-order valence-corrected chi connectivity index (χ1v) is 5.23. The summed E-state index contributed by atoms with van der Waals surface area (Å²) < 4.78 is 0. The van der Waals surface area contributed by atoms with Gasteiger partial charge in [-0.25, -0.2) is 0 Å². The lowest BCUT2D eigenvalue weighted by molar-refractivity contribution is -0.140. The quantitative estimate of drug-likeness (QED) is 0.669. The fourth-order valence-electron chi connectivity index (χ4n) is 2.21. The van der Waals surface area contributed by atoms with Gasteiger partial charge in [0.2, 0.25) is 5.91 Å². The molecule has 0 aromatic carbocycles. The fraction of sp³-hybridized carbons (Fsp3) is 0.900. The van der Waals surface area contributed by atoms with Crippen molar-refractivity contribution in [2.24, 2.45) is 11.1 Å². The molecule has 1 fully saturated rings. The lowest BCUT2D eigenvalue weighted by atomic mass is 9.85. The van der Waals surface area contributed by atoms with Crippen LogP contribution in [0.5, 0.6) is 0 Å². The van der Waals surface area contributed by atoms with Crippen LogP contribution in [-0.4, -0.2) is 42.7 Å². The predicted molar refractivity (Wildman–Crippen MR) is 54.7 cm³/mol. The standard InChI is InChI=1S/C10H20N2O2/c1-12(6-7-13)9(14)10(8-11)4-2-3-5-10/h13H,2-8,11H2,1H3. The van der Waals surface area contributed by atoms with E-state index >= 15 is 0 Å². The Bertz CT molecular complexity index is 200. The minimum absolute atomic E-state index is 0.0168. The van der Waals surface area contributed by atoms with Crippen molar-refractivity contribution >= 4 is 5.91 Å². The van der Waals surface area contributed by atoms with Gasteiger partial charge in [-0.15, -0.1) is 0 Å². The van der Waals surface area contributed by atoms with E-state index in [0.29, 0.717) is 13.1 Å². The SMILES string of the molecule is CN(CCO)C(=O)C1(CN)CCCC1. The van der Waals surface area contributed by atoms with Crippen molar-refractivity contribution in [1.29, 1.82) is 0 Å². The molecule has 3 N–H and O–H groups in total. The molecule has 0 spiro atoms. The van der Waals surface area contributed by atoms with Crippen molar-refractivity contribution in [3.05, 3.63) is 0 Å². The second-order valence-corrected chi connectivity index (χ2v) is 4.14. The molecule has 1 rings (SSSR count). The van der Waals surface area contributed by atoms with Gasteiger partial charge in [0.05, 0.1) is 12.0 Å². The topological polar surface area (TPSA) is 66.6 Å². The number of aliphatic hydroxyl groups is 1. The van der Waals surface area contributed by atoms with Crippen LogP contribution in [0.25, 0.3) is 0 Å². The molecular formula is C10H20N2O2. The van der Waals surface area contributed by atoms with Crippen molar-refractivity contribution < 1.29 is 9.90 Å². The zero-order valence-corrected chi connectivity index (χ0v) is 8.83. The Kier molecular flexibility index (Phi) is 3.89. The van der Waals surface area contributed by atoms with E-state index in [4.69, 9.17) is 10.8 Å². The van der Waals surface area contributed by atoms with Crippen LogP contribution in [0.1, 0.15) is 25.7 Å². The molecule has 4 nitrogen and oxygen atoms in total. The maximum absolute atomic E-state index is 12.0. The lowest BCUT2D eigenvalue weighted by Crippen LogP contribution is -2.45. The van der Waals surface area contributed by atoms with Crippen molar-refractivity contribution in [2.45, 2.75) is 25.7 Å². The van der Waals surface area contributed by atoms with E-state index in [1.807, 2.05) is 0 Å². The molecule has 0 saturated heterocycles. The molecule has 1 aliphatic rings. The normalized spacial score (nSPS) is 19.6. The van der Waals surface area contributed by atoms with Crippen LogP contribution in [0.15, 0.2) is 0 Å². The molecule has 0 bridgehead atoms. The zero-order chi connectivity index (χ0) is 10.6. The summed E-state index contributed by atoms with van der Waals surface area (Å²) in [6.07, 6.45) is 3.99. The van der Waals surface area contributed by atoms with Gasteiger partial charge in [0.25, 0.3) is 0 Å². The Balaban J connectivity index is 2.64. The summed E-state index contributed by atoms with van der Waals surface area (Å²) in [5.41, 5.74) is 5.36. The second-order valence-electron chi connectivity index (χ2n) is 4.14. The Hall–Kier alpha value is -0.610. The van der Waals surface area contributed by atoms with Gasteiger partial charge in [-0.05, 0) is 12.8 Å². The van der Waals surface area contributed by atoms with Crippen molar-refractivity contribution in [1.82, 2.24) is 4.90 Å². The summed E-state index contributed by atoms with van der Waals surface area (Å²) in [4.78, 5) is 13.6. The third kappa shape index (κ3) is 2.07. The molecule has 82 valence electrons. The fourth-order valence-corrected chi connectivity index (χ4v) is 2.21. The highest BCUT2D eigenvalue weighted by Gasteiger charge is 2.41. The van der Waals surface area contributed by atoms with E-state index in [9.17, 15) is 4.79 Å². The number of amides is 1. The van der Waals surface area contributed by atoms with Gasteiger partial charge in [0, 0.05) is 20.1 Å². The summed E-state index contributed by atoms with van der Waals surface area (Å²) in [6, 6.07) is 0. The molecule has 0 radical (unpaired) electrons. The molecule has 0 heterocycles. The highest BCUT2D eigenvalue weighted by molar-refractivity contribution is 5.83. The van der Waals surface area contributed by atoms with Crippen LogP contribution < -0.4 is 5.73 Å². The maximum atomic E-state index is 12.0. The Morgan fingerprint density at radius 1 is 1.50 bits per heavy atom. The van der Waals surface area contributed by atoms with Crippen molar-refractivity contribution in [2.75, 3.05) is 26.7 Å². The van der Waals surface area contributed by atoms with E-state index in [-0.39, 0.29) is 17.9 Å². The Morgan fingerprint density at radius 2 is 2.07 bits per heavy atom. The summed E-state index contributed by atoms with van der Waals surface area (Å²) in [5.74, 6) is 0.103. The van der Waals surface area contributed by atoms with Crippen molar-refractivity contribution in [3.63, 3.8) is 0 Å². The largest absolute Gasteiger partial charge is 0.395 e. The van der Waals surface area contributed by atoms with Crippen LogP contribution in [0.2, 0.25) is 0 Å². The molecule has 1 saturated carbocycles. The molecule has 1 amide bonds. The molecule has 0 unspecified atom stereocenters. The molecule has 0 atom stereocenters. The maximum Gasteiger partial charge on any atom is 0.229 e. The van der Waals surface area contributed by atoms with Crippen molar-refractivity contribution in [3.8, 4) is 0 Å². The summed E-state index contributed by atoms with van der Waals surface area (Å²) >= 11 is 0. The zero-order valence-electron chi connectivity index (χ0n) is 8.83. The van der Waals surface area contributed by atoms with Crippen LogP contribution in [0.3, 0.4) is 0 Å². The third-order valence-electron chi connectivity index (χ3n) is 3.19. The molecule has 4 heteroatoms. The number of carbonyl (C=O) groups is 1. The van der Waals surface area contributed by atoms with E-state index in [2.05, 4.69) is 0 Å². The average Bonchev–Trinajstić information content (AvgIpc) is 2.66. The Labute approximate surface area is 85.1 Å². The van der Waals surface area contributed by atoms with Gasteiger partial charge in [0.1, 0.15) is 0 Å². The number of carbonyl (C=O) groups excluding carboxylic acids is 1. The highest BCUT2D eigenvalue weighted by Crippen LogP contribution is 2.38. The summed E-state index contributed by atoms with van der Waals surface area (Å²) in [6.45, 7) is 0.852. The first-order valence-electron chi connectivity index (χ1n) is 5.23. The second kappa shape index (κ2) is 4.75. The average molecular weight is 200 g/mol. The van der Waals surface area contributed by atoms with Gasteiger partial charge in [0.15, 0.2) is 0 Å². The number of hydrogen-bond acceptors (Lipinski definition) is 3. The molecule has 0 aromatic rings. The lowest BCUT2D eigenvalue weighted by Gasteiger charge is -2.30. The van der Waals surface area contributed by atoms with E-state index in [1.165, 1.54) is 0 Å². The van der Waals surface area contributed by atoms with E-state index in [0.717, 1.165) is 25.7 Å². The van der Waals surface area contributed by atoms with Crippen LogP contribution in [-0.2, 0) is 4.79 Å². The van der Waals surface area contributed by atoms with Crippen LogP contribution in [0.4, 0.5) is 0 Å². The highest BCUT2D eigenvalue weighted by atomic mass is 16.3. The minimum atomic E-state index is -0.329. The molecule has 14 heavy (non-hydrogen) atoms. The third-order valence-corrected chi connectivity index (χ3v) is 3.19. The van der Waals surface area contributed by atoms with Gasteiger partial charge >= 0.3 is 0 Å². The molecular weight excluding hydrogens is 180 g/mol. The predicted octanol–water partition coefficient (Wildman–Crippen LogP) is -0.0438. The van der Waals surface area contributed by atoms with E-state index in [1.54, 1.807) is 11.9 Å². The van der Waals surface area contributed by atoms with Gasteiger partial charge in [-0.2, -0.15) is 0 Å². The van der Waals surface area contributed by atoms with Gasteiger partial charge in [-0.3, -0.25) is 4.79 Å². The first-order chi connectivity index (χ1) is 6.66. The molecule has 1 aliphatic carbocycles. The van der Waals surface area contributed by atoms with Gasteiger partial charge in [-0.1, -0.05) is 12.8 Å².